The lowest BCUT2D eigenvalue weighted by molar-refractivity contribution is 0.406. The van der Waals surface area contributed by atoms with Gasteiger partial charge in [-0.05, 0) is 23.6 Å². The van der Waals surface area contributed by atoms with Crippen LogP contribution in [0.5, 0.6) is 0 Å². The molecule has 106 valence electrons. The molecule has 1 aromatic heterocycles. The minimum atomic E-state index is 0.270. The zero-order chi connectivity index (χ0) is 14.5. The third-order valence-electron chi connectivity index (χ3n) is 3.60. The molecule has 1 unspecified atom stereocenters. The second-order valence-corrected chi connectivity index (χ2v) is 5.08. The van der Waals surface area contributed by atoms with Crippen LogP contribution >= 0.6 is 0 Å². The zero-order valence-corrected chi connectivity index (χ0v) is 12.0. The van der Waals surface area contributed by atoms with E-state index in [1.54, 1.807) is 6.26 Å². The first-order valence-corrected chi connectivity index (χ1v) is 7.11. The van der Waals surface area contributed by atoms with Crippen LogP contribution in [-0.4, -0.2) is 5.16 Å². The fourth-order valence-electron chi connectivity index (χ4n) is 2.30. The van der Waals surface area contributed by atoms with Crippen LogP contribution in [0.1, 0.15) is 24.2 Å². The van der Waals surface area contributed by atoms with E-state index in [2.05, 4.69) is 65.9 Å². The molecule has 2 aromatic carbocycles. The van der Waals surface area contributed by atoms with Crippen LogP contribution in [0.4, 0.5) is 0 Å². The van der Waals surface area contributed by atoms with Gasteiger partial charge in [-0.25, -0.2) is 0 Å². The number of aromatic nitrogens is 1. The van der Waals surface area contributed by atoms with Crippen molar-refractivity contribution >= 4 is 0 Å². The van der Waals surface area contributed by atoms with Crippen molar-refractivity contribution in [2.75, 3.05) is 0 Å². The molecule has 0 spiro atoms. The molecule has 0 radical (unpaired) electrons. The smallest absolute Gasteiger partial charge is 0.124 e. The normalized spacial score (nSPS) is 12.2. The summed E-state index contributed by atoms with van der Waals surface area (Å²) in [4.78, 5) is 0. The van der Waals surface area contributed by atoms with Gasteiger partial charge in [0.05, 0.1) is 5.69 Å². The number of hydrogen-bond donors (Lipinski definition) is 1. The van der Waals surface area contributed by atoms with E-state index in [9.17, 15) is 0 Å². The number of hydrogen-bond acceptors (Lipinski definition) is 3. The Bertz CT molecular complexity index is 660. The summed E-state index contributed by atoms with van der Waals surface area (Å²) in [5.74, 6) is 0. The molecule has 0 saturated carbocycles. The minimum absolute atomic E-state index is 0.270. The predicted octanol–water partition coefficient (Wildman–Crippen LogP) is 4.19. The third-order valence-corrected chi connectivity index (χ3v) is 3.60. The van der Waals surface area contributed by atoms with E-state index in [4.69, 9.17) is 4.52 Å². The van der Waals surface area contributed by atoms with Gasteiger partial charge in [0.1, 0.15) is 6.26 Å². The molecule has 0 saturated heterocycles. The molecule has 3 aromatic rings. The van der Waals surface area contributed by atoms with Crippen molar-refractivity contribution in [3.8, 4) is 11.1 Å². The monoisotopic (exact) mass is 278 g/mol. The van der Waals surface area contributed by atoms with Gasteiger partial charge in [0.25, 0.3) is 0 Å². The van der Waals surface area contributed by atoms with Crippen molar-refractivity contribution in [3.05, 3.63) is 78.2 Å². The van der Waals surface area contributed by atoms with Crippen molar-refractivity contribution in [3.63, 3.8) is 0 Å². The highest BCUT2D eigenvalue weighted by Gasteiger charge is 2.06. The highest BCUT2D eigenvalue weighted by atomic mass is 16.5. The van der Waals surface area contributed by atoms with Crippen LogP contribution in [0.2, 0.25) is 0 Å². The first-order chi connectivity index (χ1) is 10.3. The average Bonchev–Trinajstić information content (AvgIpc) is 3.07. The minimum Gasteiger partial charge on any atom is -0.364 e. The lowest BCUT2D eigenvalue weighted by atomic mass is 10.0. The Morgan fingerprint density at radius 1 is 0.952 bits per heavy atom. The Hall–Kier alpha value is -2.39. The summed E-state index contributed by atoms with van der Waals surface area (Å²) in [6.07, 6.45) is 1.59. The largest absolute Gasteiger partial charge is 0.364 e. The Labute approximate surface area is 124 Å². The van der Waals surface area contributed by atoms with Gasteiger partial charge in [0.2, 0.25) is 0 Å². The van der Waals surface area contributed by atoms with Crippen molar-refractivity contribution in [2.45, 2.75) is 19.5 Å². The molecule has 0 fully saturated rings. The van der Waals surface area contributed by atoms with Gasteiger partial charge in [-0.3, -0.25) is 0 Å². The summed E-state index contributed by atoms with van der Waals surface area (Å²) in [5.41, 5.74) is 4.66. The van der Waals surface area contributed by atoms with Crippen molar-refractivity contribution in [1.82, 2.24) is 10.5 Å². The van der Waals surface area contributed by atoms with Crippen LogP contribution in [-0.2, 0) is 6.54 Å². The van der Waals surface area contributed by atoms with Crippen LogP contribution in [0.25, 0.3) is 11.1 Å². The van der Waals surface area contributed by atoms with Crippen molar-refractivity contribution < 1.29 is 4.52 Å². The Balaban J connectivity index is 1.66. The molecule has 0 bridgehead atoms. The molecule has 3 heteroatoms. The standard InChI is InChI=1S/C18H18N2O/c1-14(19-13-18-11-12-21-20-18)15-7-9-17(10-8-15)16-5-3-2-4-6-16/h2-12,14,19H,13H2,1H3. The maximum absolute atomic E-state index is 4.83. The molecule has 3 rings (SSSR count). The van der Waals surface area contributed by atoms with Gasteiger partial charge in [-0.1, -0.05) is 59.8 Å². The van der Waals surface area contributed by atoms with Crippen LogP contribution in [0, 0.1) is 0 Å². The van der Waals surface area contributed by atoms with Crippen molar-refractivity contribution in [2.24, 2.45) is 0 Å². The first-order valence-electron chi connectivity index (χ1n) is 7.11. The molecule has 1 atom stereocenters. The molecule has 0 aliphatic rings. The molecule has 0 aliphatic heterocycles. The number of rotatable bonds is 5. The van der Waals surface area contributed by atoms with E-state index in [1.807, 2.05) is 12.1 Å². The molecule has 21 heavy (non-hydrogen) atoms. The molecule has 3 nitrogen and oxygen atoms in total. The molecular weight excluding hydrogens is 260 g/mol. The second-order valence-electron chi connectivity index (χ2n) is 5.08. The van der Waals surface area contributed by atoms with Crippen LogP contribution in [0.3, 0.4) is 0 Å². The summed E-state index contributed by atoms with van der Waals surface area (Å²) in [5, 5.41) is 7.34. The van der Waals surface area contributed by atoms with Gasteiger partial charge >= 0.3 is 0 Å². The number of nitrogens with zero attached hydrogens (tertiary/aromatic N) is 1. The average molecular weight is 278 g/mol. The number of nitrogens with one attached hydrogen (secondary N) is 1. The van der Waals surface area contributed by atoms with Gasteiger partial charge in [-0.2, -0.15) is 0 Å². The highest BCUT2D eigenvalue weighted by Crippen LogP contribution is 2.21. The van der Waals surface area contributed by atoms with E-state index in [0.717, 1.165) is 5.69 Å². The van der Waals surface area contributed by atoms with Crippen LogP contribution in [0.15, 0.2) is 71.4 Å². The van der Waals surface area contributed by atoms with E-state index in [-0.39, 0.29) is 6.04 Å². The highest BCUT2D eigenvalue weighted by molar-refractivity contribution is 5.63. The van der Waals surface area contributed by atoms with Crippen molar-refractivity contribution in [1.29, 1.82) is 0 Å². The van der Waals surface area contributed by atoms with Gasteiger partial charge in [-0.15, -0.1) is 0 Å². The summed E-state index contributed by atoms with van der Waals surface area (Å²) >= 11 is 0. The number of benzene rings is 2. The summed E-state index contributed by atoms with van der Waals surface area (Å²) in [6.45, 7) is 2.86. The van der Waals surface area contributed by atoms with Crippen LogP contribution < -0.4 is 5.32 Å². The Kier molecular flexibility index (Phi) is 4.12. The maximum Gasteiger partial charge on any atom is 0.124 e. The molecule has 1 N–H and O–H groups in total. The fraction of sp³-hybridized carbons (Fsp3) is 0.167. The predicted molar refractivity (Wildman–Crippen MR) is 83.6 cm³/mol. The SMILES string of the molecule is CC(NCc1ccon1)c1ccc(-c2ccccc2)cc1. The van der Waals surface area contributed by atoms with E-state index >= 15 is 0 Å². The fourth-order valence-corrected chi connectivity index (χ4v) is 2.30. The summed E-state index contributed by atoms with van der Waals surface area (Å²) in [6, 6.07) is 21.2. The maximum atomic E-state index is 4.83. The van der Waals surface area contributed by atoms with Gasteiger partial charge in [0.15, 0.2) is 0 Å². The van der Waals surface area contributed by atoms with Gasteiger partial charge in [0, 0.05) is 18.7 Å². The zero-order valence-electron chi connectivity index (χ0n) is 12.0. The molecule has 0 aliphatic carbocycles. The second kappa shape index (κ2) is 6.37. The summed E-state index contributed by atoms with van der Waals surface area (Å²) in [7, 11) is 0. The molecule has 0 amide bonds. The van der Waals surface area contributed by atoms with Gasteiger partial charge < -0.3 is 9.84 Å². The topological polar surface area (TPSA) is 38.1 Å². The van der Waals surface area contributed by atoms with E-state index < -0.39 is 0 Å². The quantitative estimate of drug-likeness (QED) is 0.760. The Morgan fingerprint density at radius 2 is 1.67 bits per heavy atom. The lowest BCUT2D eigenvalue weighted by Crippen LogP contribution is -2.18. The molecule has 1 heterocycles. The van der Waals surface area contributed by atoms with E-state index in [0.29, 0.717) is 6.54 Å². The first kappa shape index (κ1) is 13.6. The lowest BCUT2D eigenvalue weighted by Gasteiger charge is -2.14. The molecular formula is C18H18N2O. The van der Waals surface area contributed by atoms with E-state index in [1.165, 1.54) is 16.7 Å². The summed E-state index contributed by atoms with van der Waals surface area (Å²) < 4.78 is 4.83. The third kappa shape index (κ3) is 3.38. The Morgan fingerprint density at radius 3 is 2.33 bits per heavy atom.